The van der Waals surface area contributed by atoms with E-state index >= 15 is 0 Å². The van der Waals surface area contributed by atoms with Gasteiger partial charge in [0.05, 0.1) is 6.07 Å². The molecule has 0 N–H and O–H groups in total. The van der Waals surface area contributed by atoms with Gasteiger partial charge in [-0.3, -0.25) is 0 Å². The molecular formula is C7H9N. The molecule has 0 atom stereocenters. The zero-order valence-corrected chi connectivity index (χ0v) is 5.23. The van der Waals surface area contributed by atoms with Crippen LogP contribution in [-0.2, 0) is 0 Å². The first-order valence-electron chi connectivity index (χ1n) is 2.42. The Hall–Kier alpha value is -1.03. The third kappa shape index (κ3) is 1.61. The second kappa shape index (κ2) is 3.04. The van der Waals surface area contributed by atoms with Gasteiger partial charge in [0.15, 0.2) is 0 Å². The van der Waals surface area contributed by atoms with Crippen molar-refractivity contribution in [1.82, 2.24) is 0 Å². The molecular weight excluding hydrogens is 98.1 g/mol. The van der Waals surface area contributed by atoms with Gasteiger partial charge in [-0.1, -0.05) is 12.7 Å². The van der Waals surface area contributed by atoms with Gasteiger partial charge in [0.25, 0.3) is 0 Å². The number of hydrogen-bond acceptors (Lipinski definition) is 1. The molecule has 42 valence electrons. The average molecular weight is 107 g/mol. The summed E-state index contributed by atoms with van der Waals surface area (Å²) in [6, 6.07) is 2.02. The van der Waals surface area contributed by atoms with Crippen molar-refractivity contribution in [2.45, 2.75) is 13.8 Å². The number of rotatable bonds is 1. The summed E-state index contributed by atoms with van der Waals surface area (Å²) in [6.45, 7) is 7.16. The molecule has 0 saturated carbocycles. The number of nitrogens with zero attached hydrogens (tertiary/aromatic N) is 1. The maximum absolute atomic E-state index is 8.28. The van der Waals surface area contributed by atoms with E-state index in [1.807, 2.05) is 13.0 Å². The summed E-state index contributed by atoms with van der Waals surface area (Å²) < 4.78 is 0. The highest BCUT2D eigenvalue weighted by molar-refractivity contribution is 5.30. The molecule has 0 rings (SSSR count). The lowest BCUT2D eigenvalue weighted by molar-refractivity contribution is 1.36. The highest BCUT2D eigenvalue weighted by Crippen LogP contribution is 2.00. The van der Waals surface area contributed by atoms with E-state index in [4.69, 9.17) is 5.26 Å². The second-order valence-corrected chi connectivity index (χ2v) is 1.62. The van der Waals surface area contributed by atoms with Crippen molar-refractivity contribution in [2.75, 3.05) is 0 Å². The summed E-state index contributed by atoms with van der Waals surface area (Å²) in [5, 5.41) is 8.28. The molecule has 0 saturated heterocycles. The highest BCUT2D eigenvalue weighted by atomic mass is 14.2. The first-order chi connectivity index (χ1) is 3.72. The fourth-order valence-corrected chi connectivity index (χ4v) is 0.241. The first kappa shape index (κ1) is 6.97. The minimum atomic E-state index is 0.736. The summed E-state index contributed by atoms with van der Waals surface area (Å²) in [6.07, 6.45) is 1.68. The zero-order chi connectivity index (χ0) is 6.57. The lowest BCUT2D eigenvalue weighted by Gasteiger charge is -1.87. The van der Waals surface area contributed by atoms with Crippen LogP contribution in [0.1, 0.15) is 13.8 Å². The van der Waals surface area contributed by atoms with Crippen LogP contribution >= 0.6 is 0 Å². The molecule has 0 fully saturated rings. The summed E-state index contributed by atoms with van der Waals surface area (Å²) in [5.41, 5.74) is 1.69. The van der Waals surface area contributed by atoms with E-state index in [1.165, 1.54) is 0 Å². The second-order valence-electron chi connectivity index (χ2n) is 1.62. The van der Waals surface area contributed by atoms with E-state index in [2.05, 4.69) is 6.58 Å². The first-order valence-corrected chi connectivity index (χ1v) is 2.42. The molecule has 0 heterocycles. The molecule has 0 aliphatic rings. The smallest absolute Gasteiger partial charge is 0.0946 e. The Bertz CT molecular complexity index is 158. The quantitative estimate of drug-likeness (QED) is 0.371. The molecule has 8 heavy (non-hydrogen) atoms. The van der Waals surface area contributed by atoms with Crippen molar-refractivity contribution in [3.05, 3.63) is 23.8 Å². The molecule has 0 aliphatic carbocycles. The molecule has 0 radical (unpaired) electrons. The number of nitriles is 1. The van der Waals surface area contributed by atoms with Crippen LogP contribution in [0.5, 0.6) is 0 Å². The molecule has 0 aromatic rings. The van der Waals surface area contributed by atoms with Crippen molar-refractivity contribution in [2.24, 2.45) is 0 Å². The van der Waals surface area contributed by atoms with Crippen LogP contribution < -0.4 is 0 Å². The molecule has 0 aromatic heterocycles. The Labute approximate surface area is 49.9 Å². The van der Waals surface area contributed by atoms with Crippen molar-refractivity contribution >= 4 is 0 Å². The Morgan fingerprint density at radius 1 is 1.62 bits per heavy atom. The SMILES string of the molecule is C=C/C(C)=C(\C)C#N. The number of hydrogen-bond donors (Lipinski definition) is 0. The number of allylic oxidation sites excluding steroid dienone is 3. The van der Waals surface area contributed by atoms with Crippen LogP contribution in [0.4, 0.5) is 0 Å². The summed E-state index contributed by atoms with van der Waals surface area (Å²) >= 11 is 0. The third-order valence-corrected chi connectivity index (χ3v) is 1.07. The molecule has 0 amide bonds. The molecule has 1 heteroatoms. The summed E-state index contributed by atoms with van der Waals surface area (Å²) in [4.78, 5) is 0. The van der Waals surface area contributed by atoms with Crippen LogP contribution in [0, 0.1) is 11.3 Å². The van der Waals surface area contributed by atoms with Crippen molar-refractivity contribution in [3.8, 4) is 6.07 Å². The van der Waals surface area contributed by atoms with Crippen LogP contribution in [0.3, 0.4) is 0 Å². The van der Waals surface area contributed by atoms with Gasteiger partial charge in [-0.25, -0.2) is 0 Å². The van der Waals surface area contributed by atoms with Gasteiger partial charge in [-0.15, -0.1) is 0 Å². The maximum atomic E-state index is 8.28. The lowest BCUT2D eigenvalue weighted by Crippen LogP contribution is -1.72. The third-order valence-electron chi connectivity index (χ3n) is 1.07. The molecule has 0 unspecified atom stereocenters. The van der Waals surface area contributed by atoms with E-state index in [0.717, 1.165) is 11.1 Å². The van der Waals surface area contributed by atoms with Gasteiger partial charge in [0.2, 0.25) is 0 Å². The van der Waals surface area contributed by atoms with E-state index in [-0.39, 0.29) is 0 Å². The minimum Gasteiger partial charge on any atom is -0.193 e. The molecule has 0 bridgehead atoms. The minimum absolute atomic E-state index is 0.736. The maximum Gasteiger partial charge on any atom is 0.0946 e. The standard InChI is InChI=1S/C7H9N/c1-4-6(2)7(3)5-8/h4H,1H2,2-3H3/b7-6+. The summed E-state index contributed by atoms with van der Waals surface area (Å²) in [7, 11) is 0. The Kier molecular flexibility index (Phi) is 2.64. The van der Waals surface area contributed by atoms with Crippen LogP contribution in [0.25, 0.3) is 0 Å². The van der Waals surface area contributed by atoms with Crippen LogP contribution in [0.15, 0.2) is 23.8 Å². The fraction of sp³-hybridized carbons (Fsp3) is 0.286. The Morgan fingerprint density at radius 3 is 2.25 bits per heavy atom. The van der Waals surface area contributed by atoms with Gasteiger partial charge in [-0.05, 0) is 19.4 Å². The monoisotopic (exact) mass is 107 g/mol. The van der Waals surface area contributed by atoms with E-state index in [1.54, 1.807) is 13.0 Å². The highest BCUT2D eigenvalue weighted by Gasteiger charge is 1.85. The normalized spacial score (nSPS) is 11.6. The topological polar surface area (TPSA) is 23.8 Å². The molecule has 0 aromatic carbocycles. The van der Waals surface area contributed by atoms with Gasteiger partial charge >= 0.3 is 0 Å². The largest absolute Gasteiger partial charge is 0.193 e. The predicted molar refractivity (Wildman–Crippen MR) is 34.2 cm³/mol. The molecule has 0 aliphatic heterocycles. The fourth-order valence-electron chi connectivity index (χ4n) is 0.241. The lowest BCUT2D eigenvalue weighted by atomic mass is 10.2. The van der Waals surface area contributed by atoms with E-state index in [0.29, 0.717) is 0 Å². The van der Waals surface area contributed by atoms with Gasteiger partial charge in [0, 0.05) is 5.57 Å². The average Bonchev–Trinajstić information content (AvgIpc) is 1.84. The molecule has 1 nitrogen and oxygen atoms in total. The summed E-state index contributed by atoms with van der Waals surface area (Å²) in [5.74, 6) is 0. The van der Waals surface area contributed by atoms with Crippen molar-refractivity contribution in [1.29, 1.82) is 5.26 Å². The molecule has 0 spiro atoms. The van der Waals surface area contributed by atoms with E-state index < -0.39 is 0 Å². The van der Waals surface area contributed by atoms with Gasteiger partial charge in [-0.2, -0.15) is 5.26 Å². The van der Waals surface area contributed by atoms with Crippen LogP contribution in [-0.4, -0.2) is 0 Å². The predicted octanol–water partition coefficient (Wildman–Crippen LogP) is 2.03. The van der Waals surface area contributed by atoms with Crippen molar-refractivity contribution in [3.63, 3.8) is 0 Å². The van der Waals surface area contributed by atoms with Gasteiger partial charge in [0.1, 0.15) is 0 Å². The zero-order valence-electron chi connectivity index (χ0n) is 5.23. The Balaban J connectivity index is 4.33. The van der Waals surface area contributed by atoms with E-state index in [9.17, 15) is 0 Å². The Morgan fingerprint density at radius 2 is 2.12 bits per heavy atom. The van der Waals surface area contributed by atoms with Crippen LogP contribution in [0.2, 0.25) is 0 Å². The van der Waals surface area contributed by atoms with Crippen molar-refractivity contribution < 1.29 is 0 Å². The van der Waals surface area contributed by atoms with Gasteiger partial charge < -0.3 is 0 Å².